The van der Waals surface area contributed by atoms with E-state index in [4.69, 9.17) is 0 Å². The minimum absolute atomic E-state index is 0.230. The molecule has 0 saturated carbocycles. The van der Waals surface area contributed by atoms with Gasteiger partial charge in [0.15, 0.2) is 0 Å². The summed E-state index contributed by atoms with van der Waals surface area (Å²) in [6.45, 7) is 5.81. The molecule has 0 radical (unpaired) electrons. The van der Waals surface area contributed by atoms with E-state index < -0.39 is 0 Å². The summed E-state index contributed by atoms with van der Waals surface area (Å²) in [7, 11) is 0. The Balaban J connectivity index is 1.62. The van der Waals surface area contributed by atoms with Crippen LogP contribution in [0.3, 0.4) is 0 Å². The zero-order valence-corrected chi connectivity index (χ0v) is 15.4. The van der Waals surface area contributed by atoms with Crippen LogP contribution in [0, 0.1) is 13.8 Å². The van der Waals surface area contributed by atoms with Gasteiger partial charge in [0.05, 0.1) is 17.6 Å². The first-order valence-electron chi connectivity index (χ1n) is 8.82. The van der Waals surface area contributed by atoms with Gasteiger partial charge in [0.2, 0.25) is 0 Å². The molecule has 7 nitrogen and oxygen atoms in total. The summed E-state index contributed by atoms with van der Waals surface area (Å²) in [6, 6.07) is 7.96. The summed E-state index contributed by atoms with van der Waals surface area (Å²) < 4.78 is 0. The van der Waals surface area contributed by atoms with Crippen LogP contribution in [0.25, 0.3) is 22.3 Å². The molecule has 0 spiro atoms. The topological polar surface area (TPSA) is 99.4 Å². The minimum Gasteiger partial charge on any atom is -0.339 e. The zero-order chi connectivity index (χ0) is 19.0. The Morgan fingerprint density at radius 1 is 1.19 bits per heavy atom. The van der Waals surface area contributed by atoms with E-state index in [0.717, 1.165) is 45.7 Å². The molecule has 0 saturated heterocycles. The second kappa shape index (κ2) is 6.68. The molecule has 0 aliphatic rings. The van der Waals surface area contributed by atoms with E-state index in [-0.39, 0.29) is 5.91 Å². The molecule has 1 amide bonds. The molecule has 136 valence electrons. The number of hydrogen-bond acceptors (Lipinski definition) is 4. The van der Waals surface area contributed by atoms with Gasteiger partial charge in [-0.05, 0) is 44.5 Å². The van der Waals surface area contributed by atoms with E-state index in [1.165, 1.54) is 0 Å². The van der Waals surface area contributed by atoms with Crippen LogP contribution in [0.15, 0.2) is 36.7 Å². The number of fused-ring (bicyclic) bond motifs is 1. The standard InChI is InChI=1S/C20H20N6O/c1-4-15-7-13(5-6-21-15)17-9-14-8-16(10-22-19(14)24-17)23-20(27)18-11(2)12(3)25-26-18/h5-10H,4H2,1-3H3,(H,22,24)(H,23,27)(H,25,26). The molecule has 0 atom stereocenters. The largest absolute Gasteiger partial charge is 0.339 e. The van der Waals surface area contributed by atoms with Crippen molar-refractivity contribution in [1.82, 2.24) is 25.1 Å². The van der Waals surface area contributed by atoms with Crippen LogP contribution in [-0.2, 0) is 6.42 Å². The molecular formula is C20H20N6O. The summed E-state index contributed by atoms with van der Waals surface area (Å²) in [6.07, 6.45) is 4.34. The predicted molar refractivity (Wildman–Crippen MR) is 105 cm³/mol. The maximum Gasteiger partial charge on any atom is 0.273 e. The average Bonchev–Trinajstić information content (AvgIpc) is 3.25. The Hall–Kier alpha value is -3.48. The normalized spacial score (nSPS) is 11.1. The molecule has 3 N–H and O–H groups in total. The van der Waals surface area contributed by atoms with Crippen molar-refractivity contribution in [1.29, 1.82) is 0 Å². The van der Waals surface area contributed by atoms with E-state index in [1.807, 2.05) is 38.2 Å². The van der Waals surface area contributed by atoms with Crippen molar-refractivity contribution in [3.63, 3.8) is 0 Å². The van der Waals surface area contributed by atoms with Crippen LogP contribution in [0.4, 0.5) is 5.69 Å². The van der Waals surface area contributed by atoms with E-state index in [2.05, 4.69) is 43.5 Å². The van der Waals surface area contributed by atoms with Crippen LogP contribution >= 0.6 is 0 Å². The molecule has 0 unspecified atom stereocenters. The van der Waals surface area contributed by atoms with Gasteiger partial charge < -0.3 is 10.3 Å². The lowest BCUT2D eigenvalue weighted by Crippen LogP contribution is -2.13. The molecule has 0 fully saturated rings. The maximum absolute atomic E-state index is 12.5. The SMILES string of the molecule is CCc1cc(-c2cc3cc(NC(=O)c4[nH]nc(C)c4C)cnc3[nH]2)ccn1. The number of carbonyl (C=O) groups is 1. The molecular weight excluding hydrogens is 340 g/mol. The Kier molecular flexibility index (Phi) is 4.19. The summed E-state index contributed by atoms with van der Waals surface area (Å²) >= 11 is 0. The zero-order valence-electron chi connectivity index (χ0n) is 15.4. The number of rotatable bonds is 4. The number of nitrogens with one attached hydrogen (secondary N) is 3. The summed E-state index contributed by atoms with van der Waals surface area (Å²) in [5, 5.41) is 10.6. The molecule has 0 bridgehead atoms. The molecule has 4 rings (SSSR count). The second-order valence-corrected chi connectivity index (χ2v) is 6.50. The number of nitrogens with zero attached hydrogens (tertiary/aromatic N) is 3. The van der Waals surface area contributed by atoms with Crippen molar-refractivity contribution in [3.05, 3.63) is 59.3 Å². The third-order valence-electron chi connectivity index (χ3n) is 4.70. The summed E-state index contributed by atoms with van der Waals surface area (Å²) in [5.41, 5.74) is 6.60. The van der Waals surface area contributed by atoms with Crippen LogP contribution in [-0.4, -0.2) is 31.1 Å². The highest BCUT2D eigenvalue weighted by molar-refractivity contribution is 6.04. The fraction of sp³-hybridized carbons (Fsp3) is 0.200. The van der Waals surface area contributed by atoms with Crippen molar-refractivity contribution in [2.75, 3.05) is 5.32 Å². The summed E-state index contributed by atoms with van der Waals surface area (Å²) in [5.74, 6) is -0.230. The van der Waals surface area contributed by atoms with Gasteiger partial charge in [-0.1, -0.05) is 6.92 Å². The average molecular weight is 360 g/mol. The molecule has 0 aromatic carbocycles. The third-order valence-corrected chi connectivity index (χ3v) is 4.70. The van der Waals surface area contributed by atoms with Gasteiger partial charge in [-0.15, -0.1) is 0 Å². The van der Waals surface area contributed by atoms with Gasteiger partial charge >= 0.3 is 0 Å². The minimum atomic E-state index is -0.230. The van der Waals surface area contributed by atoms with Crippen LogP contribution in [0.1, 0.15) is 34.4 Å². The number of aromatic nitrogens is 5. The number of anilines is 1. The van der Waals surface area contributed by atoms with E-state index in [1.54, 1.807) is 6.20 Å². The molecule has 4 aromatic rings. The number of hydrogen-bond donors (Lipinski definition) is 3. The van der Waals surface area contributed by atoms with Gasteiger partial charge in [0, 0.05) is 34.1 Å². The summed E-state index contributed by atoms with van der Waals surface area (Å²) in [4.78, 5) is 24.5. The first-order chi connectivity index (χ1) is 13.0. The molecule has 4 heterocycles. The first-order valence-corrected chi connectivity index (χ1v) is 8.82. The third kappa shape index (κ3) is 3.19. The number of aryl methyl sites for hydroxylation is 2. The van der Waals surface area contributed by atoms with Crippen LogP contribution in [0.2, 0.25) is 0 Å². The Morgan fingerprint density at radius 2 is 2.04 bits per heavy atom. The predicted octanol–water partition coefficient (Wildman–Crippen LogP) is 3.78. The highest BCUT2D eigenvalue weighted by Crippen LogP contribution is 2.25. The van der Waals surface area contributed by atoms with E-state index >= 15 is 0 Å². The molecule has 0 aliphatic carbocycles. The highest BCUT2D eigenvalue weighted by Gasteiger charge is 2.14. The van der Waals surface area contributed by atoms with Gasteiger partial charge in [0.25, 0.3) is 5.91 Å². The second-order valence-electron chi connectivity index (χ2n) is 6.50. The van der Waals surface area contributed by atoms with E-state index in [0.29, 0.717) is 11.4 Å². The molecule has 7 heteroatoms. The van der Waals surface area contributed by atoms with Gasteiger partial charge in [-0.25, -0.2) is 4.98 Å². The van der Waals surface area contributed by atoms with Crippen molar-refractivity contribution in [2.24, 2.45) is 0 Å². The van der Waals surface area contributed by atoms with Crippen molar-refractivity contribution >= 4 is 22.6 Å². The number of aromatic amines is 2. The van der Waals surface area contributed by atoms with Crippen molar-refractivity contribution < 1.29 is 4.79 Å². The number of H-pyrrole nitrogens is 2. The van der Waals surface area contributed by atoms with Crippen molar-refractivity contribution in [3.8, 4) is 11.3 Å². The van der Waals surface area contributed by atoms with E-state index in [9.17, 15) is 4.79 Å². The fourth-order valence-corrected chi connectivity index (χ4v) is 2.98. The molecule has 27 heavy (non-hydrogen) atoms. The lowest BCUT2D eigenvalue weighted by Gasteiger charge is -2.04. The highest BCUT2D eigenvalue weighted by atomic mass is 16.1. The number of pyridine rings is 2. The fourth-order valence-electron chi connectivity index (χ4n) is 2.98. The van der Waals surface area contributed by atoms with Crippen molar-refractivity contribution in [2.45, 2.75) is 27.2 Å². The van der Waals surface area contributed by atoms with Crippen LogP contribution < -0.4 is 5.32 Å². The van der Waals surface area contributed by atoms with Gasteiger partial charge in [-0.2, -0.15) is 5.10 Å². The number of amides is 1. The van der Waals surface area contributed by atoms with Crippen LogP contribution in [0.5, 0.6) is 0 Å². The first kappa shape index (κ1) is 17.0. The lowest BCUT2D eigenvalue weighted by molar-refractivity contribution is 0.102. The Bertz CT molecular complexity index is 1140. The maximum atomic E-state index is 12.5. The van der Waals surface area contributed by atoms with Gasteiger partial charge in [-0.3, -0.25) is 14.9 Å². The quantitative estimate of drug-likeness (QED) is 0.516. The number of carbonyl (C=O) groups excluding carboxylic acids is 1. The Morgan fingerprint density at radius 3 is 2.78 bits per heavy atom. The molecule has 4 aromatic heterocycles. The monoisotopic (exact) mass is 360 g/mol. The smallest absolute Gasteiger partial charge is 0.273 e. The lowest BCUT2D eigenvalue weighted by atomic mass is 10.1. The Labute approximate surface area is 156 Å². The van der Waals surface area contributed by atoms with Gasteiger partial charge in [0.1, 0.15) is 11.3 Å². The molecule has 0 aliphatic heterocycles.